The molecule has 0 saturated heterocycles. The van der Waals surface area contributed by atoms with E-state index in [1.807, 2.05) is 38.1 Å². The molecular weight excluding hydrogens is 466 g/mol. The van der Waals surface area contributed by atoms with Crippen LogP contribution in [0.15, 0.2) is 121 Å². The van der Waals surface area contributed by atoms with E-state index in [9.17, 15) is 10.2 Å². The maximum absolute atomic E-state index is 12.2. The number of hydrogen-bond acceptors (Lipinski definition) is 2. The molecule has 1 saturated carbocycles. The number of benzene rings is 4. The second-order valence-corrected chi connectivity index (χ2v) is 14.3. The molecule has 0 amide bonds. The van der Waals surface area contributed by atoms with E-state index in [-0.39, 0.29) is 0 Å². The van der Waals surface area contributed by atoms with E-state index >= 15 is 0 Å². The van der Waals surface area contributed by atoms with Gasteiger partial charge in [-0.25, -0.2) is 0 Å². The highest BCUT2D eigenvalue weighted by molar-refractivity contribution is 7.73. The van der Waals surface area contributed by atoms with Gasteiger partial charge in [-0.15, -0.1) is 0 Å². The average Bonchev–Trinajstić information content (AvgIpc) is 3.25. The molecule has 0 radical (unpaired) electrons. The van der Waals surface area contributed by atoms with Gasteiger partial charge in [0.2, 0.25) is 0 Å². The van der Waals surface area contributed by atoms with E-state index in [1.54, 1.807) is 0 Å². The van der Waals surface area contributed by atoms with Gasteiger partial charge in [-0.3, -0.25) is 0 Å². The minimum atomic E-state index is -1.18. The van der Waals surface area contributed by atoms with E-state index in [4.69, 9.17) is 0 Å². The zero-order valence-corrected chi connectivity index (χ0v) is 22.0. The average molecular weight is 499 g/mol. The van der Waals surface area contributed by atoms with Gasteiger partial charge in [0.25, 0.3) is 0 Å². The Hall–Kier alpha value is -2.34. The molecule has 4 aromatic carbocycles. The molecule has 4 aromatic rings. The molecule has 5 rings (SSSR count). The first-order valence-electron chi connectivity index (χ1n) is 12.1. The Labute approximate surface area is 211 Å². The summed E-state index contributed by atoms with van der Waals surface area (Å²) in [5.41, 5.74) is -2.97. The van der Waals surface area contributed by atoms with Crippen LogP contribution in [0.25, 0.3) is 0 Å². The minimum absolute atomic E-state index is 0.534. The van der Waals surface area contributed by atoms with Gasteiger partial charge in [0.1, 0.15) is 11.2 Å². The molecule has 2 unspecified atom stereocenters. The first-order chi connectivity index (χ1) is 16.9. The van der Waals surface area contributed by atoms with Gasteiger partial charge >= 0.3 is 0 Å². The molecule has 1 aliphatic rings. The fourth-order valence-corrected chi connectivity index (χ4v) is 10.9. The topological polar surface area (TPSA) is 40.5 Å². The highest BCUT2D eigenvalue weighted by Crippen LogP contribution is 2.70. The predicted molar refractivity (Wildman–Crippen MR) is 152 cm³/mol. The van der Waals surface area contributed by atoms with Crippen molar-refractivity contribution in [1.29, 1.82) is 0 Å². The van der Waals surface area contributed by atoms with Crippen LogP contribution in [-0.4, -0.2) is 33.7 Å². The van der Waals surface area contributed by atoms with Crippen molar-refractivity contribution in [3.63, 3.8) is 0 Å². The Morgan fingerprint density at radius 2 is 0.686 bits per heavy atom. The normalized spacial score (nSPS) is 22.9. The number of hydrogen-bond donors (Lipinski definition) is 2. The summed E-state index contributed by atoms with van der Waals surface area (Å²) >= 11 is 0. The van der Waals surface area contributed by atoms with Crippen molar-refractivity contribution in [3.05, 3.63) is 121 Å². The predicted octanol–water partition coefficient (Wildman–Crippen LogP) is 4.75. The molecule has 178 valence electrons. The van der Waals surface area contributed by atoms with E-state index in [0.717, 1.165) is 0 Å². The van der Waals surface area contributed by atoms with Crippen LogP contribution in [0.4, 0.5) is 0 Å². The molecule has 0 spiro atoms. The van der Waals surface area contributed by atoms with Gasteiger partial charge < -0.3 is 10.2 Å². The maximum atomic E-state index is 12.2. The second kappa shape index (κ2) is 9.61. The Morgan fingerprint density at radius 1 is 0.457 bits per heavy atom. The quantitative estimate of drug-likeness (QED) is 0.344. The number of aliphatic hydroxyl groups is 2. The molecule has 2 atom stereocenters. The van der Waals surface area contributed by atoms with Crippen LogP contribution < -0.4 is 21.2 Å². The summed E-state index contributed by atoms with van der Waals surface area (Å²) in [5.74, 6) is 0. The molecule has 0 bridgehead atoms. The van der Waals surface area contributed by atoms with Crippen LogP contribution in [0, 0.1) is 5.41 Å². The van der Waals surface area contributed by atoms with Gasteiger partial charge in [0.15, 0.2) is 0 Å². The first kappa shape index (κ1) is 24.4. The molecule has 1 aliphatic carbocycles. The summed E-state index contributed by atoms with van der Waals surface area (Å²) in [6.45, 7) is 4.06. The molecule has 2 nitrogen and oxygen atoms in total. The van der Waals surface area contributed by atoms with Crippen molar-refractivity contribution >= 4 is 37.1 Å². The standard InChI is InChI=1S/C31H32O2P2/c1-29(2)30(32,23-34(25-15-7-3-8-16-25)26-17-9-4-10-18-26)31(29,33)24-35(27-19-11-5-12-20-27)28-21-13-6-14-22-28/h3-22,32-33H,23-24H2,1-2H3. The summed E-state index contributed by atoms with van der Waals surface area (Å²) in [6.07, 6.45) is 1.07. The Bertz CT molecular complexity index is 1070. The Balaban J connectivity index is 1.51. The third kappa shape index (κ3) is 4.28. The summed E-state index contributed by atoms with van der Waals surface area (Å²) in [5, 5.41) is 29.3. The monoisotopic (exact) mass is 498 g/mol. The molecule has 35 heavy (non-hydrogen) atoms. The van der Waals surface area contributed by atoms with Gasteiger partial charge in [-0.05, 0) is 37.1 Å². The van der Waals surface area contributed by atoms with Crippen molar-refractivity contribution in [2.45, 2.75) is 25.0 Å². The SMILES string of the molecule is CC1(C)C(O)(CP(c2ccccc2)c2ccccc2)C1(O)CP(c1ccccc1)c1ccccc1. The molecule has 0 aromatic heterocycles. The van der Waals surface area contributed by atoms with Crippen molar-refractivity contribution in [2.24, 2.45) is 5.41 Å². The first-order valence-corrected chi connectivity index (χ1v) is 15.1. The van der Waals surface area contributed by atoms with Gasteiger partial charge in [-0.2, -0.15) is 0 Å². The molecule has 0 aliphatic heterocycles. The smallest absolute Gasteiger partial charge is 0.107 e. The van der Waals surface area contributed by atoms with Crippen molar-refractivity contribution in [2.75, 3.05) is 12.3 Å². The molecule has 0 heterocycles. The van der Waals surface area contributed by atoms with Crippen LogP contribution in [0.2, 0.25) is 0 Å². The summed E-state index contributed by atoms with van der Waals surface area (Å²) < 4.78 is 0. The van der Waals surface area contributed by atoms with Gasteiger partial charge in [-0.1, -0.05) is 135 Å². The second-order valence-electron chi connectivity index (χ2n) is 9.86. The molecule has 2 N–H and O–H groups in total. The maximum Gasteiger partial charge on any atom is 0.107 e. The zero-order valence-electron chi connectivity index (χ0n) is 20.3. The van der Waals surface area contributed by atoms with Crippen LogP contribution in [0.3, 0.4) is 0 Å². The lowest BCUT2D eigenvalue weighted by Crippen LogP contribution is -2.35. The summed E-state index contributed by atoms with van der Waals surface area (Å²) in [6, 6.07) is 41.8. The van der Waals surface area contributed by atoms with Crippen molar-refractivity contribution < 1.29 is 10.2 Å². The van der Waals surface area contributed by atoms with Crippen molar-refractivity contribution in [3.8, 4) is 0 Å². The van der Waals surface area contributed by atoms with Crippen LogP contribution in [-0.2, 0) is 0 Å². The third-order valence-corrected chi connectivity index (χ3v) is 13.0. The fourth-order valence-electron chi connectivity index (χ4n) is 5.22. The third-order valence-electron chi connectivity index (χ3n) is 7.73. The lowest BCUT2D eigenvalue weighted by molar-refractivity contribution is 0.0490. The highest BCUT2D eigenvalue weighted by Gasteiger charge is 2.82. The van der Waals surface area contributed by atoms with E-state index < -0.39 is 32.5 Å². The lowest BCUT2D eigenvalue weighted by atomic mass is 10.1. The largest absolute Gasteiger partial charge is 0.386 e. The Morgan fingerprint density at radius 3 is 0.914 bits per heavy atom. The fraction of sp³-hybridized carbons (Fsp3) is 0.226. The van der Waals surface area contributed by atoms with Gasteiger partial charge in [0.05, 0.1) is 0 Å². The minimum Gasteiger partial charge on any atom is -0.386 e. The van der Waals surface area contributed by atoms with E-state index in [0.29, 0.717) is 12.3 Å². The van der Waals surface area contributed by atoms with Crippen molar-refractivity contribution in [1.82, 2.24) is 0 Å². The molecular formula is C31H32O2P2. The van der Waals surface area contributed by atoms with Crippen LogP contribution in [0.1, 0.15) is 13.8 Å². The Kier molecular flexibility index (Phi) is 6.69. The summed E-state index contributed by atoms with van der Waals surface area (Å²) in [7, 11) is -1.66. The molecule has 4 heteroatoms. The highest BCUT2D eigenvalue weighted by atomic mass is 31.1. The van der Waals surface area contributed by atoms with Crippen LogP contribution >= 0.6 is 15.8 Å². The van der Waals surface area contributed by atoms with E-state index in [2.05, 4.69) is 97.1 Å². The van der Waals surface area contributed by atoms with Gasteiger partial charge in [0, 0.05) is 17.7 Å². The van der Waals surface area contributed by atoms with Crippen LogP contribution in [0.5, 0.6) is 0 Å². The lowest BCUT2D eigenvalue weighted by Gasteiger charge is -2.27. The van der Waals surface area contributed by atoms with E-state index in [1.165, 1.54) is 21.2 Å². The number of rotatable bonds is 8. The molecule has 1 fully saturated rings. The zero-order chi connectivity index (χ0) is 24.5. The summed E-state index contributed by atoms with van der Waals surface area (Å²) in [4.78, 5) is 0.